The molecule has 0 amide bonds. The van der Waals surface area contributed by atoms with E-state index in [4.69, 9.17) is 0 Å². The van der Waals surface area contributed by atoms with Gasteiger partial charge >= 0.3 is 12.2 Å². The summed E-state index contributed by atoms with van der Waals surface area (Å²) in [5, 5.41) is 0. The number of para-hydroxylation sites is 2. The Balaban J connectivity index is 3.00. The van der Waals surface area contributed by atoms with Crippen molar-refractivity contribution in [1.29, 1.82) is 0 Å². The molecule has 1 rings (SSSR count). The summed E-state index contributed by atoms with van der Waals surface area (Å²) in [6, 6.07) is 3.79. The molecule has 0 heterocycles. The molecule has 0 N–H and O–H groups in total. The third kappa shape index (κ3) is 4.24. The number of alkyl halides is 8. The lowest BCUT2D eigenvalue weighted by Gasteiger charge is -2.22. The summed E-state index contributed by atoms with van der Waals surface area (Å²) in [5.41, 5.74) is -6.45. The van der Waals surface area contributed by atoms with Gasteiger partial charge in [0.25, 0.3) is 11.3 Å². The average molecular weight is 343 g/mol. The van der Waals surface area contributed by atoms with Crippen LogP contribution in [0.15, 0.2) is 24.3 Å². The van der Waals surface area contributed by atoms with Crippen molar-refractivity contribution in [2.75, 3.05) is 0 Å². The van der Waals surface area contributed by atoms with Crippen molar-refractivity contribution in [2.24, 2.45) is 0 Å². The van der Waals surface area contributed by atoms with E-state index in [0.717, 1.165) is 24.3 Å². The van der Waals surface area contributed by atoms with Gasteiger partial charge in [0, 0.05) is 0 Å². The van der Waals surface area contributed by atoms with Crippen molar-refractivity contribution >= 4 is 23.2 Å². The third-order valence-electron chi connectivity index (χ3n) is 1.85. The van der Waals surface area contributed by atoms with Crippen LogP contribution in [0.1, 0.15) is 0 Å². The van der Waals surface area contributed by atoms with Crippen LogP contribution in [0.25, 0.3) is 0 Å². The summed E-state index contributed by atoms with van der Waals surface area (Å²) in [5.74, 6) is -1.92. The Bertz CT molecular complexity index is 414. The molecule has 10 heteroatoms. The Hall–Kier alpha value is -1.02. The summed E-state index contributed by atoms with van der Waals surface area (Å²) >= 11 is 9.09. The van der Waals surface area contributed by atoms with Crippen LogP contribution in [-0.4, -0.2) is 23.5 Å². The molecular formula is C10H6Cl2F6O2. The maximum atomic E-state index is 12.9. The monoisotopic (exact) mass is 342 g/mol. The summed E-state index contributed by atoms with van der Waals surface area (Å²) in [6.07, 6.45) is -8.99. The van der Waals surface area contributed by atoms with E-state index < -0.39 is 35.0 Å². The molecule has 0 aromatic heterocycles. The van der Waals surface area contributed by atoms with Crippen LogP contribution >= 0.6 is 23.2 Å². The SMILES string of the molecule is FC(Cl)C(F)(F)Oc1ccccc1OC(F)(F)C(F)Cl. The molecule has 0 bridgehead atoms. The molecule has 0 radical (unpaired) electrons. The van der Waals surface area contributed by atoms with Gasteiger partial charge in [-0.3, -0.25) is 0 Å². The third-order valence-corrected chi connectivity index (χ3v) is 2.36. The Kier molecular flexibility index (Phi) is 5.26. The maximum absolute atomic E-state index is 12.9. The second-order valence-corrected chi connectivity index (χ2v) is 4.14. The van der Waals surface area contributed by atoms with Gasteiger partial charge in [-0.05, 0) is 12.1 Å². The summed E-state index contributed by atoms with van der Waals surface area (Å²) in [7, 11) is 0. The summed E-state index contributed by atoms with van der Waals surface area (Å²) in [6.45, 7) is 0. The minimum Gasteiger partial charge on any atom is -0.425 e. The van der Waals surface area contributed by atoms with E-state index in [1.165, 1.54) is 0 Å². The number of halogens is 8. The molecule has 114 valence electrons. The predicted molar refractivity (Wildman–Crippen MR) is 59.1 cm³/mol. The van der Waals surface area contributed by atoms with E-state index in [9.17, 15) is 26.3 Å². The van der Waals surface area contributed by atoms with Gasteiger partial charge in [-0.15, -0.1) is 0 Å². The zero-order chi connectivity index (χ0) is 15.6. The van der Waals surface area contributed by atoms with Gasteiger partial charge in [0.1, 0.15) is 0 Å². The van der Waals surface area contributed by atoms with Crippen LogP contribution in [0.2, 0.25) is 0 Å². The number of ether oxygens (including phenoxy) is 2. The number of benzene rings is 1. The fourth-order valence-electron chi connectivity index (χ4n) is 1.00. The van der Waals surface area contributed by atoms with E-state index in [2.05, 4.69) is 32.7 Å². The molecule has 1 aromatic carbocycles. The van der Waals surface area contributed by atoms with Gasteiger partial charge in [-0.2, -0.15) is 17.6 Å². The molecule has 2 nitrogen and oxygen atoms in total. The Labute approximate surface area is 119 Å². The van der Waals surface area contributed by atoms with Crippen LogP contribution in [0, 0.1) is 0 Å². The smallest absolute Gasteiger partial charge is 0.425 e. The molecule has 2 atom stereocenters. The first kappa shape index (κ1) is 17.0. The normalized spacial score (nSPS) is 15.6. The second-order valence-electron chi connectivity index (χ2n) is 3.38. The van der Waals surface area contributed by atoms with Crippen LogP contribution in [0.5, 0.6) is 11.5 Å². The van der Waals surface area contributed by atoms with E-state index in [1.54, 1.807) is 0 Å². The Morgan fingerprint density at radius 3 is 1.35 bits per heavy atom. The van der Waals surface area contributed by atoms with Crippen molar-refractivity contribution in [3.05, 3.63) is 24.3 Å². The van der Waals surface area contributed by atoms with Crippen molar-refractivity contribution < 1.29 is 35.8 Å². The van der Waals surface area contributed by atoms with Gasteiger partial charge in [-0.25, -0.2) is 8.78 Å². The number of hydrogen-bond acceptors (Lipinski definition) is 2. The fraction of sp³-hybridized carbons (Fsp3) is 0.400. The number of rotatable bonds is 6. The lowest BCUT2D eigenvalue weighted by Crippen LogP contribution is -2.35. The molecule has 0 aliphatic heterocycles. The van der Waals surface area contributed by atoms with Crippen molar-refractivity contribution in [3.8, 4) is 11.5 Å². The lowest BCUT2D eigenvalue weighted by molar-refractivity contribution is -0.212. The topological polar surface area (TPSA) is 18.5 Å². The first-order valence-electron chi connectivity index (χ1n) is 4.85. The minimum absolute atomic E-state index is 0.778. The first-order valence-corrected chi connectivity index (χ1v) is 5.72. The highest BCUT2D eigenvalue weighted by Crippen LogP contribution is 2.38. The zero-order valence-electron chi connectivity index (χ0n) is 9.30. The maximum Gasteiger partial charge on any atom is 0.444 e. The van der Waals surface area contributed by atoms with Crippen molar-refractivity contribution in [2.45, 2.75) is 23.5 Å². The minimum atomic E-state index is -4.49. The molecule has 0 aliphatic rings. The van der Waals surface area contributed by atoms with E-state index in [1.807, 2.05) is 0 Å². The average Bonchev–Trinajstić information content (AvgIpc) is 2.30. The van der Waals surface area contributed by atoms with E-state index in [-0.39, 0.29) is 0 Å². The van der Waals surface area contributed by atoms with Gasteiger partial charge in [0.05, 0.1) is 0 Å². The Morgan fingerprint density at radius 1 is 0.800 bits per heavy atom. The molecule has 20 heavy (non-hydrogen) atoms. The van der Waals surface area contributed by atoms with Crippen LogP contribution in [0.4, 0.5) is 26.3 Å². The van der Waals surface area contributed by atoms with Crippen molar-refractivity contribution in [3.63, 3.8) is 0 Å². The second kappa shape index (κ2) is 6.17. The summed E-state index contributed by atoms with van der Waals surface area (Å²) < 4.78 is 84.2. The van der Waals surface area contributed by atoms with Gasteiger partial charge in [-0.1, -0.05) is 35.3 Å². The van der Waals surface area contributed by atoms with Gasteiger partial charge < -0.3 is 9.47 Å². The first-order chi connectivity index (χ1) is 9.06. The lowest BCUT2D eigenvalue weighted by atomic mass is 10.3. The molecule has 0 saturated heterocycles. The highest BCUT2D eigenvalue weighted by molar-refractivity contribution is 6.20. The van der Waals surface area contributed by atoms with Gasteiger partial charge in [0.2, 0.25) is 0 Å². The molecular weight excluding hydrogens is 337 g/mol. The van der Waals surface area contributed by atoms with Crippen LogP contribution in [0.3, 0.4) is 0 Å². The largest absolute Gasteiger partial charge is 0.444 e. The van der Waals surface area contributed by atoms with E-state index in [0.29, 0.717) is 0 Å². The summed E-state index contributed by atoms with van der Waals surface area (Å²) in [4.78, 5) is 0. The molecule has 0 spiro atoms. The molecule has 0 saturated carbocycles. The molecule has 1 aromatic rings. The van der Waals surface area contributed by atoms with Crippen LogP contribution < -0.4 is 9.47 Å². The molecule has 0 fully saturated rings. The van der Waals surface area contributed by atoms with Gasteiger partial charge in [0.15, 0.2) is 11.5 Å². The van der Waals surface area contributed by atoms with Crippen LogP contribution in [-0.2, 0) is 0 Å². The molecule has 2 unspecified atom stereocenters. The standard InChI is InChI=1S/C10H6Cl2F6O2/c11-7(13)9(15,16)19-5-3-1-2-4-6(5)20-10(17,18)8(12)14/h1-4,7-8H. The highest BCUT2D eigenvalue weighted by atomic mass is 35.5. The zero-order valence-corrected chi connectivity index (χ0v) is 10.8. The highest BCUT2D eigenvalue weighted by Gasteiger charge is 2.45. The molecule has 0 aliphatic carbocycles. The quantitative estimate of drug-likeness (QED) is 0.551. The fourth-order valence-corrected chi connectivity index (χ4v) is 1.09. The predicted octanol–water partition coefficient (Wildman–Crippen LogP) is 4.70. The van der Waals surface area contributed by atoms with E-state index >= 15 is 0 Å². The number of hydrogen-bond donors (Lipinski definition) is 0. The Morgan fingerprint density at radius 2 is 1.10 bits per heavy atom. The van der Waals surface area contributed by atoms with Crippen molar-refractivity contribution in [1.82, 2.24) is 0 Å².